The van der Waals surface area contributed by atoms with Crippen LogP contribution in [0, 0.1) is 13.8 Å². The van der Waals surface area contributed by atoms with Crippen LogP contribution in [0.5, 0.6) is 0 Å². The van der Waals surface area contributed by atoms with Crippen molar-refractivity contribution >= 4 is 11.8 Å². The van der Waals surface area contributed by atoms with E-state index in [4.69, 9.17) is 4.42 Å². The first kappa shape index (κ1) is 12.2. The third kappa shape index (κ3) is 2.88. The molecule has 0 atom stereocenters. The normalized spacial score (nSPS) is 11.1. The van der Waals surface area contributed by atoms with Gasteiger partial charge in [-0.15, -0.1) is 10.2 Å². The fourth-order valence-corrected chi connectivity index (χ4v) is 2.24. The van der Waals surface area contributed by atoms with Crippen molar-refractivity contribution in [2.75, 3.05) is 0 Å². The summed E-state index contributed by atoms with van der Waals surface area (Å²) >= 11 is 1.58. The predicted octanol–water partition coefficient (Wildman–Crippen LogP) is 3.85. The van der Waals surface area contributed by atoms with Crippen LogP contribution in [-0.2, 0) is 0 Å². The maximum Gasteiger partial charge on any atom is 0.277 e. The Kier molecular flexibility index (Phi) is 3.52. The zero-order valence-corrected chi connectivity index (χ0v) is 11.3. The van der Waals surface area contributed by atoms with Crippen molar-refractivity contribution in [3.63, 3.8) is 0 Å². The Balaban J connectivity index is 2.30. The van der Waals surface area contributed by atoms with Crippen molar-refractivity contribution in [1.29, 1.82) is 0 Å². The first-order chi connectivity index (χ1) is 8.06. The van der Waals surface area contributed by atoms with Gasteiger partial charge in [0.1, 0.15) is 0 Å². The largest absolute Gasteiger partial charge is 0.411 e. The summed E-state index contributed by atoms with van der Waals surface area (Å²) < 4.78 is 5.64. The van der Waals surface area contributed by atoms with Crippen LogP contribution in [-0.4, -0.2) is 15.4 Å². The average Bonchev–Trinajstić information content (AvgIpc) is 2.65. The summed E-state index contributed by atoms with van der Waals surface area (Å²) in [7, 11) is 0. The first-order valence-corrected chi connectivity index (χ1v) is 6.52. The van der Waals surface area contributed by atoms with Crippen molar-refractivity contribution in [2.45, 2.75) is 38.2 Å². The SMILES string of the molecule is Cc1ccc(-c2nnc(SC(C)C)o2)c(C)c1. The molecule has 3 nitrogen and oxygen atoms in total. The van der Waals surface area contributed by atoms with Crippen LogP contribution < -0.4 is 0 Å². The highest BCUT2D eigenvalue weighted by Gasteiger charge is 2.12. The van der Waals surface area contributed by atoms with E-state index in [-0.39, 0.29) is 0 Å². The number of aromatic nitrogens is 2. The van der Waals surface area contributed by atoms with Gasteiger partial charge < -0.3 is 4.42 Å². The van der Waals surface area contributed by atoms with Gasteiger partial charge in [0.15, 0.2) is 0 Å². The Hall–Kier alpha value is -1.29. The molecule has 90 valence electrons. The van der Waals surface area contributed by atoms with Gasteiger partial charge in [0, 0.05) is 10.8 Å². The molecule has 0 saturated carbocycles. The van der Waals surface area contributed by atoms with Gasteiger partial charge in [-0.05, 0) is 25.5 Å². The van der Waals surface area contributed by atoms with Crippen molar-refractivity contribution in [3.8, 4) is 11.5 Å². The Morgan fingerprint density at radius 3 is 2.59 bits per heavy atom. The highest BCUT2D eigenvalue weighted by Crippen LogP contribution is 2.27. The summed E-state index contributed by atoms with van der Waals surface area (Å²) in [5.41, 5.74) is 3.41. The maximum absolute atomic E-state index is 5.64. The lowest BCUT2D eigenvalue weighted by Gasteiger charge is -2.02. The van der Waals surface area contributed by atoms with Crippen molar-refractivity contribution in [1.82, 2.24) is 10.2 Å². The van der Waals surface area contributed by atoms with E-state index < -0.39 is 0 Å². The number of nitrogens with zero attached hydrogens (tertiary/aromatic N) is 2. The van der Waals surface area contributed by atoms with Gasteiger partial charge in [-0.2, -0.15) is 0 Å². The third-order valence-corrected chi connectivity index (χ3v) is 3.19. The quantitative estimate of drug-likeness (QED) is 0.773. The highest BCUT2D eigenvalue weighted by atomic mass is 32.2. The molecule has 0 spiro atoms. The van der Waals surface area contributed by atoms with Gasteiger partial charge >= 0.3 is 0 Å². The minimum Gasteiger partial charge on any atom is -0.411 e. The standard InChI is InChI=1S/C13H16N2OS/c1-8(2)17-13-15-14-12(16-13)11-6-5-9(3)7-10(11)4/h5-8H,1-4H3. The highest BCUT2D eigenvalue weighted by molar-refractivity contribution is 7.99. The molecule has 1 aromatic heterocycles. The lowest BCUT2D eigenvalue weighted by molar-refractivity contribution is 0.465. The molecule has 0 N–H and O–H groups in total. The number of aryl methyl sites for hydroxylation is 2. The molecule has 0 amide bonds. The zero-order valence-electron chi connectivity index (χ0n) is 10.5. The van der Waals surface area contributed by atoms with Crippen LogP contribution in [0.15, 0.2) is 27.8 Å². The molecule has 0 aliphatic carbocycles. The van der Waals surface area contributed by atoms with Crippen LogP contribution >= 0.6 is 11.8 Å². The molecular formula is C13H16N2OS. The Bertz CT molecular complexity index is 520. The molecule has 17 heavy (non-hydrogen) atoms. The van der Waals surface area contributed by atoms with E-state index >= 15 is 0 Å². The average molecular weight is 248 g/mol. The fourth-order valence-electron chi connectivity index (χ4n) is 1.62. The van der Waals surface area contributed by atoms with E-state index in [1.807, 2.05) is 6.07 Å². The maximum atomic E-state index is 5.64. The molecule has 0 aliphatic rings. The summed E-state index contributed by atoms with van der Waals surface area (Å²) in [5.74, 6) is 0.602. The number of hydrogen-bond donors (Lipinski definition) is 0. The molecule has 1 heterocycles. The fraction of sp³-hybridized carbons (Fsp3) is 0.385. The number of rotatable bonds is 3. The third-order valence-electron chi connectivity index (χ3n) is 2.36. The second kappa shape index (κ2) is 4.92. The summed E-state index contributed by atoms with van der Waals surface area (Å²) in [6.45, 7) is 8.34. The number of benzene rings is 1. The number of hydrogen-bond acceptors (Lipinski definition) is 4. The van der Waals surface area contributed by atoms with Crippen molar-refractivity contribution in [3.05, 3.63) is 29.3 Å². The summed E-state index contributed by atoms with van der Waals surface area (Å²) in [5, 5.41) is 9.22. The molecule has 2 rings (SSSR count). The molecule has 0 unspecified atom stereocenters. The Labute approximate surface area is 106 Å². The molecule has 0 aliphatic heterocycles. The van der Waals surface area contributed by atoms with Gasteiger partial charge in [-0.3, -0.25) is 0 Å². The van der Waals surface area contributed by atoms with E-state index in [0.717, 1.165) is 11.1 Å². The topological polar surface area (TPSA) is 38.9 Å². The molecular weight excluding hydrogens is 232 g/mol. The molecule has 0 bridgehead atoms. The van der Waals surface area contributed by atoms with E-state index in [1.54, 1.807) is 11.8 Å². The van der Waals surface area contributed by atoms with Gasteiger partial charge in [0.05, 0.1) is 0 Å². The van der Waals surface area contributed by atoms with Gasteiger partial charge in [0.2, 0.25) is 5.89 Å². The lowest BCUT2D eigenvalue weighted by atomic mass is 10.1. The van der Waals surface area contributed by atoms with Crippen molar-refractivity contribution < 1.29 is 4.42 Å². The second-order valence-electron chi connectivity index (χ2n) is 4.36. The minimum absolute atomic E-state index is 0.447. The molecule has 0 radical (unpaired) electrons. The number of thioether (sulfide) groups is 1. The lowest BCUT2D eigenvalue weighted by Crippen LogP contribution is -1.84. The molecule has 1 aromatic carbocycles. The van der Waals surface area contributed by atoms with Crippen LogP contribution in [0.4, 0.5) is 0 Å². The van der Waals surface area contributed by atoms with Crippen molar-refractivity contribution in [2.24, 2.45) is 0 Å². The molecule has 0 fully saturated rings. The Morgan fingerprint density at radius 2 is 1.94 bits per heavy atom. The second-order valence-corrected chi connectivity index (χ2v) is 5.89. The minimum atomic E-state index is 0.447. The van der Waals surface area contributed by atoms with Crippen LogP contribution in [0.3, 0.4) is 0 Å². The predicted molar refractivity (Wildman–Crippen MR) is 70.2 cm³/mol. The van der Waals surface area contributed by atoms with E-state index in [1.165, 1.54) is 5.56 Å². The zero-order chi connectivity index (χ0) is 12.4. The van der Waals surface area contributed by atoms with Gasteiger partial charge in [0.25, 0.3) is 5.22 Å². The van der Waals surface area contributed by atoms with Crippen LogP contribution in [0.25, 0.3) is 11.5 Å². The molecule has 2 aromatic rings. The van der Waals surface area contributed by atoms with E-state index in [2.05, 4.69) is 50.0 Å². The summed E-state index contributed by atoms with van der Waals surface area (Å²) in [6.07, 6.45) is 0. The van der Waals surface area contributed by atoms with Crippen LogP contribution in [0.2, 0.25) is 0 Å². The summed E-state index contributed by atoms with van der Waals surface area (Å²) in [6, 6.07) is 6.21. The monoisotopic (exact) mass is 248 g/mol. The smallest absolute Gasteiger partial charge is 0.277 e. The van der Waals surface area contributed by atoms with Gasteiger partial charge in [-0.25, -0.2) is 0 Å². The van der Waals surface area contributed by atoms with Crippen LogP contribution in [0.1, 0.15) is 25.0 Å². The van der Waals surface area contributed by atoms with Gasteiger partial charge in [-0.1, -0.05) is 43.3 Å². The van der Waals surface area contributed by atoms with E-state index in [0.29, 0.717) is 16.4 Å². The summed E-state index contributed by atoms with van der Waals surface area (Å²) in [4.78, 5) is 0. The Morgan fingerprint density at radius 1 is 1.18 bits per heavy atom. The molecule has 4 heteroatoms. The molecule has 0 saturated heterocycles. The van der Waals surface area contributed by atoms with E-state index in [9.17, 15) is 0 Å². The first-order valence-electron chi connectivity index (χ1n) is 5.64.